The fourth-order valence-corrected chi connectivity index (χ4v) is 2.06. The summed E-state index contributed by atoms with van der Waals surface area (Å²) in [6, 6.07) is 5.63. The molecule has 0 saturated heterocycles. The van der Waals surface area contributed by atoms with Gasteiger partial charge in [-0.2, -0.15) is 0 Å². The van der Waals surface area contributed by atoms with Crippen LogP contribution in [0, 0.1) is 0 Å². The Balaban J connectivity index is 2.05. The van der Waals surface area contributed by atoms with Crippen LogP contribution >= 0.6 is 0 Å². The Bertz CT molecular complexity index is 442. The molecule has 18 heavy (non-hydrogen) atoms. The molecule has 1 saturated carbocycles. The molecule has 1 aromatic carbocycles. The number of nitrogens with two attached hydrogens (primary N) is 1. The second-order valence-corrected chi connectivity index (χ2v) is 4.55. The predicted molar refractivity (Wildman–Crippen MR) is 71.7 cm³/mol. The van der Waals surface area contributed by atoms with Crippen LogP contribution in [0.1, 0.15) is 23.2 Å². The summed E-state index contributed by atoms with van der Waals surface area (Å²) >= 11 is 0. The van der Waals surface area contributed by atoms with Crippen molar-refractivity contribution in [3.63, 3.8) is 0 Å². The lowest BCUT2D eigenvalue weighted by atomic mass is 9.89. The first-order valence-corrected chi connectivity index (χ1v) is 6.05. The number of ether oxygens (including phenoxy) is 1. The van der Waals surface area contributed by atoms with E-state index in [1.807, 2.05) is 0 Å². The van der Waals surface area contributed by atoms with Gasteiger partial charge in [0.2, 0.25) is 0 Å². The van der Waals surface area contributed by atoms with E-state index in [9.17, 15) is 4.79 Å². The lowest BCUT2D eigenvalue weighted by Gasteiger charge is -2.35. The molecule has 0 atom stereocenters. The predicted octanol–water partition coefficient (Wildman–Crippen LogP) is 1.22. The van der Waals surface area contributed by atoms with E-state index in [4.69, 9.17) is 10.5 Å². The summed E-state index contributed by atoms with van der Waals surface area (Å²) in [4.78, 5) is 11.5. The van der Waals surface area contributed by atoms with Gasteiger partial charge >= 0.3 is 0 Å². The Morgan fingerprint density at radius 2 is 2.17 bits per heavy atom. The minimum Gasteiger partial charge on any atom is -0.397 e. The molecule has 1 amide bonds. The van der Waals surface area contributed by atoms with Crippen LogP contribution in [0.15, 0.2) is 18.2 Å². The minimum absolute atomic E-state index is 0.110. The first-order valence-electron chi connectivity index (χ1n) is 6.05. The number of nitrogens with one attached hydrogen (secondary N) is 2. The van der Waals surface area contributed by atoms with Gasteiger partial charge in [-0.05, 0) is 31.0 Å². The van der Waals surface area contributed by atoms with Crippen LogP contribution in [0.4, 0.5) is 11.4 Å². The van der Waals surface area contributed by atoms with Crippen LogP contribution in [0.25, 0.3) is 0 Å². The number of benzene rings is 1. The van der Waals surface area contributed by atoms with Gasteiger partial charge in [0.15, 0.2) is 0 Å². The van der Waals surface area contributed by atoms with Crippen LogP contribution in [0.2, 0.25) is 0 Å². The Hall–Kier alpha value is -1.75. The lowest BCUT2D eigenvalue weighted by molar-refractivity contribution is 0.0329. The van der Waals surface area contributed by atoms with Gasteiger partial charge in [0.1, 0.15) is 0 Å². The SMILES string of the molecule is CNC(=O)c1ccc(N)c(NC2CC(OC)C2)c1. The van der Waals surface area contributed by atoms with Crippen molar-refractivity contribution in [3.8, 4) is 0 Å². The maximum atomic E-state index is 11.5. The van der Waals surface area contributed by atoms with Crippen molar-refractivity contribution in [1.29, 1.82) is 0 Å². The second-order valence-electron chi connectivity index (χ2n) is 4.55. The molecule has 0 bridgehead atoms. The number of carbonyl (C=O) groups excluding carboxylic acids is 1. The van der Waals surface area contributed by atoms with E-state index in [1.54, 1.807) is 32.4 Å². The highest BCUT2D eigenvalue weighted by Crippen LogP contribution is 2.29. The third kappa shape index (κ3) is 2.56. The highest BCUT2D eigenvalue weighted by molar-refractivity contribution is 5.96. The van der Waals surface area contributed by atoms with Crippen LogP contribution < -0.4 is 16.4 Å². The molecular formula is C13H19N3O2. The number of rotatable bonds is 4. The number of carbonyl (C=O) groups is 1. The fourth-order valence-electron chi connectivity index (χ4n) is 2.06. The summed E-state index contributed by atoms with van der Waals surface area (Å²) in [6.07, 6.45) is 2.28. The number of anilines is 2. The third-order valence-corrected chi connectivity index (χ3v) is 3.33. The molecule has 1 aliphatic carbocycles. The van der Waals surface area contributed by atoms with Crippen molar-refractivity contribution < 1.29 is 9.53 Å². The standard InChI is InChI=1S/C13H19N3O2/c1-15-13(17)8-3-4-11(14)12(5-8)16-9-6-10(7-9)18-2/h3-5,9-10,16H,6-7,14H2,1-2H3,(H,15,17). The Morgan fingerprint density at radius 3 is 2.78 bits per heavy atom. The van der Waals surface area contributed by atoms with Gasteiger partial charge in [-0.15, -0.1) is 0 Å². The zero-order valence-electron chi connectivity index (χ0n) is 10.7. The number of amides is 1. The van der Waals surface area contributed by atoms with Gasteiger partial charge in [0.25, 0.3) is 5.91 Å². The van der Waals surface area contributed by atoms with Crippen molar-refractivity contribution in [2.75, 3.05) is 25.2 Å². The van der Waals surface area contributed by atoms with Crippen molar-refractivity contribution in [2.45, 2.75) is 25.0 Å². The zero-order chi connectivity index (χ0) is 13.1. The number of nitrogen functional groups attached to an aromatic ring is 1. The molecular weight excluding hydrogens is 230 g/mol. The normalized spacial score (nSPS) is 22.1. The molecule has 0 spiro atoms. The molecule has 0 unspecified atom stereocenters. The molecule has 0 aliphatic heterocycles. The quantitative estimate of drug-likeness (QED) is 0.701. The van der Waals surface area contributed by atoms with Gasteiger partial charge in [0.05, 0.1) is 17.5 Å². The van der Waals surface area contributed by atoms with Gasteiger partial charge in [-0.25, -0.2) is 0 Å². The van der Waals surface area contributed by atoms with Crippen LogP contribution in [-0.4, -0.2) is 32.2 Å². The summed E-state index contributed by atoms with van der Waals surface area (Å²) in [5.41, 5.74) is 7.98. The lowest BCUT2D eigenvalue weighted by Crippen LogP contribution is -2.40. The van der Waals surface area contributed by atoms with Crippen molar-refractivity contribution in [1.82, 2.24) is 5.32 Å². The highest BCUT2D eigenvalue weighted by Gasteiger charge is 2.29. The van der Waals surface area contributed by atoms with Gasteiger partial charge in [0, 0.05) is 25.8 Å². The molecule has 0 radical (unpaired) electrons. The van der Waals surface area contributed by atoms with Crippen LogP contribution in [-0.2, 0) is 4.74 Å². The van der Waals surface area contributed by atoms with E-state index in [0.717, 1.165) is 18.5 Å². The van der Waals surface area contributed by atoms with Crippen LogP contribution in [0.5, 0.6) is 0 Å². The summed E-state index contributed by atoms with van der Waals surface area (Å²) in [6.45, 7) is 0. The minimum atomic E-state index is -0.110. The van der Waals surface area contributed by atoms with E-state index < -0.39 is 0 Å². The first kappa shape index (κ1) is 12.7. The molecule has 5 heteroatoms. The average Bonchev–Trinajstić information content (AvgIpc) is 2.34. The van der Waals surface area contributed by atoms with Crippen molar-refractivity contribution in [2.24, 2.45) is 0 Å². The molecule has 1 aromatic rings. The topological polar surface area (TPSA) is 76.4 Å². The number of hydrogen-bond acceptors (Lipinski definition) is 4. The molecule has 1 aliphatic rings. The third-order valence-electron chi connectivity index (χ3n) is 3.33. The maximum absolute atomic E-state index is 11.5. The largest absolute Gasteiger partial charge is 0.397 e. The molecule has 4 N–H and O–H groups in total. The molecule has 0 aromatic heterocycles. The van der Waals surface area contributed by atoms with E-state index in [-0.39, 0.29) is 5.91 Å². The maximum Gasteiger partial charge on any atom is 0.251 e. The smallest absolute Gasteiger partial charge is 0.251 e. The van der Waals surface area contributed by atoms with E-state index in [0.29, 0.717) is 23.4 Å². The summed E-state index contributed by atoms with van der Waals surface area (Å²) in [5.74, 6) is -0.110. The summed E-state index contributed by atoms with van der Waals surface area (Å²) in [7, 11) is 3.34. The van der Waals surface area contributed by atoms with E-state index >= 15 is 0 Å². The van der Waals surface area contributed by atoms with Gasteiger partial charge < -0.3 is 21.1 Å². The van der Waals surface area contributed by atoms with Gasteiger partial charge in [-0.3, -0.25) is 4.79 Å². The van der Waals surface area contributed by atoms with E-state index in [2.05, 4.69) is 10.6 Å². The monoisotopic (exact) mass is 249 g/mol. The average molecular weight is 249 g/mol. The number of hydrogen-bond donors (Lipinski definition) is 3. The molecule has 98 valence electrons. The Labute approximate surface area is 107 Å². The zero-order valence-corrected chi connectivity index (χ0v) is 10.7. The number of methoxy groups -OCH3 is 1. The van der Waals surface area contributed by atoms with Crippen LogP contribution in [0.3, 0.4) is 0 Å². The van der Waals surface area contributed by atoms with E-state index in [1.165, 1.54) is 0 Å². The van der Waals surface area contributed by atoms with Crippen molar-refractivity contribution >= 4 is 17.3 Å². The molecule has 5 nitrogen and oxygen atoms in total. The fraction of sp³-hybridized carbons (Fsp3) is 0.462. The van der Waals surface area contributed by atoms with Gasteiger partial charge in [-0.1, -0.05) is 0 Å². The summed E-state index contributed by atoms with van der Waals surface area (Å²) < 4.78 is 5.23. The molecule has 2 rings (SSSR count). The molecule has 1 fully saturated rings. The first-order chi connectivity index (χ1) is 8.63. The molecule has 0 heterocycles. The Kier molecular flexibility index (Phi) is 3.72. The summed E-state index contributed by atoms with van der Waals surface area (Å²) in [5, 5.41) is 5.94. The van der Waals surface area contributed by atoms with Crippen molar-refractivity contribution in [3.05, 3.63) is 23.8 Å². The second kappa shape index (κ2) is 5.27. The Morgan fingerprint density at radius 1 is 1.44 bits per heavy atom. The highest BCUT2D eigenvalue weighted by atomic mass is 16.5.